The molecule has 0 amide bonds. The summed E-state index contributed by atoms with van der Waals surface area (Å²) in [7, 11) is 0. The maximum atomic E-state index is 6.01. The molecular weight excluding hydrogens is 374 g/mol. The van der Waals surface area contributed by atoms with Gasteiger partial charge in [-0.2, -0.15) is 9.61 Å². The topological polar surface area (TPSA) is 66.5 Å². The van der Waals surface area contributed by atoms with Crippen molar-refractivity contribution in [2.24, 2.45) is 0 Å². The Bertz CT molecular complexity index is 842. The molecule has 24 heavy (non-hydrogen) atoms. The molecule has 3 rings (SSSR count). The molecule has 3 aromatic rings. The van der Waals surface area contributed by atoms with Crippen LogP contribution < -0.4 is 4.74 Å². The SMILES string of the molecule is CCOC(C)n1cc(-c2ccc3nc(Br)nn3c2OC(C)C)cn1. The van der Waals surface area contributed by atoms with E-state index in [4.69, 9.17) is 9.47 Å². The number of nitrogens with zero attached hydrogens (tertiary/aromatic N) is 5. The average Bonchev–Trinajstić information content (AvgIpc) is 3.13. The fourth-order valence-corrected chi connectivity index (χ4v) is 2.79. The molecule has 0 fully saturated rings. The first kappa shape index (κ1) is 16.9. The lowest BCUT2D eigenvalue weighted by Gasteiger charge is -2.14. The summed E-state index contributed by atoms with van der Waals surface area (Å²) in [4.78, 5) is 4.32. The molecule has 0 bridgehead atoms. The van der Waals surface area contributed by atoms with E-state index in [0.29, 0.717) is 17.2 Å². The van der Waals surface area contributed by atoms with Gasteiger partial charge in [-0.3, -0.25) is 0 Å². The van der Waals surface area contributed by atoms with Crippen molar-refractivity contribution < 1.29 is 9.47 Å². The van der Waals surface area contributed by atoms with Crippen molar-refractivity contribution in [2.75, 3.05) is 6.61 Å². The maximum absolute atomic E-state index is 6.01. The zero-order chi connectivity index (χ0) is 17.3. The third-order valence-electron chi connectivity index (χ3n) is 3.47. The Morgan fingerprint density at radius 2 is 2.04 bits per heavy atom. The number of hydrogen-bond acceptors (Lipinski definition) is 5. The van der Waals surface area contributed by atoms with Crippen LogP contribution in [0.4, 0.5) is 0 Å². The van der Waals surface area contributed by atoms with Gasteiger partial charge in [-0.15, -0.1) is 5.10 Å². The lowest BCUT2D eigenvalue weighted by Crippen LogP contribution is -2.11. The Labute approximate surface area is 148 Å². The minimum Gasteiger partial charge on any atom is -0.474 e. The minimum atomic E-state index is -0.123. The number of pyridine rings is 1. The second-order valence-electron chi connectivity index (χ2n) is 5.63. The average molecular weight is 394 g/mol. The van der Waals surface area contributed by atoms with E-state index in [-0.39, 0.29) is 12.3 Å². The Balaban J connectivity index is 2.08. The van der Waals surface area contributed by atoms with Crippen LogP contribution in [0.15, 0.2) is 29.3 Å². The molecule has 0 N–H and O–H groups in total. The van der Waals surface area contributed by atoms with E-state index in [1.54, 1.807) is 15.4 Å². The molecule has 0 aliphatic rings. The van der Waals surface area contributed by atoms with Crippen LogP contribution in [-0.4, -0.2) is 37.1 Å². The monoisotopic (exact) mass is 393 g/mol. The van der Waals surface area contributed by atoms with Gasteiger partial charge >= 0.3 is 0 Å². The summed E-state index contributed by atoms with van der Waals surface area (Å²) in [6.45, 7) is 8.52. The molecular formula is C16H20BrN5O2. The molecule has 7 nitrogen and oxygen atoms in total. The van der Waals surface area contributed by atoms with Crippen LogP contribution in [0.3, 0.4) is 0 Å². The summed E-state index contributed by atoms with van der Waals surface area (Å²) in [6, 6.07) is 3.88. The van der Waals surface area contributed by atoms with Gasteiger partial charge in [0.05, 0.1) is 12.3 Å². The van der Waals surface area contributed by atoms with E-state index < -0.39 is 0 Å². The number of rotatable bonds is 6. The highest BCUT2D eigenvalue weighted by atomic mass is 79.9. The quantitative estimate of drug-likeness (QED) is 0.638. The van der Waals surface area contributed by atoms with Crippen LogP contribution in [0, 0.1) is 0 Å². The van der Waals surface area contributed by atoms with Crippen molar-refractivity contribution in [1.82, 2.24) is 24.4 Å². The molecule has 0 aliphatic heterocycles. The lowest BCUT2D eigenvalue weighted by molar-refractivity contribution is 0.0160. The third-order valence-corrected chi connectivity index (χ3v) is 3.80. The molecule has 8 heteroatoms. The van der Waals surface area contributed by atoms with Crippen LogP contribution in [0.5, 0.6) is 5.88 Å². The fourth-order valence-electron chi connectivity index (χ4n) is 2.45. The Kier molecular flexibility index (Phi) is 4.86. The number of hydrogen-bond donors (Lipinski definition) is 0. The van der Waals surface area contributed by atoms with E-state index in [1.165, 1.54) is 0 Å². The molecule has 0 aromatic carbocycles. The van der Waals surface area contributed by atoms with Crippen molar-refractivity contribution in [3.63, 3.8) is 0 Å². The molecule has 0 saturated carbocycles. The van der Waals surface area contributed by atoms with Gasteiger partial charge in [-0.25, -0.2) is 9.67 Å². The number of aromatic nitrogens is 5. The molecule has 0 spiro atoms. The van der Waals surface area contributed by atoms with Gasteiger partial charge in [-0.05, 0) is 55.8 Å². The zero-order valence-corrected chi connectivity index (χ0v) is 15.7. The van der Waals surface area contributed by atoms with Crippen molar-refractivity contribution in [2.45, 2.75) is 40.0 Å². The summed E-state index contributed by atoms with van der Waals surface area (Å²) in [5, 5.41) is 8.77. The van der Waals surface area contributed by atoms with Crippen LogP contribution in [-0.2, 0) is 4.74 Å². The van der Waals surface area contributed by atoms with Gasteiger partial charge in [-0.1, -0.05) is 0 Å². The van der Waals surface area contributed by atoms with Crippen LogP contribution in [0.1, 0.15) is 33.9 Å². The Morgan fingerprint density at radius 3 is 2.75 bits per heavy atom. The van der Waals surface area contributed by atoms with Crippen molar-refractivity contribution in [3.05, 3.63) is 29.3 Å². The highest BCUT2D eigenvalue weighted by molar-refractivity contribution is 9.10. The second kappa shape index (κ2) is 6.90. The van der Waals surface area contributed by atoms with E-state index >= 15 is 0 Å². The minimum absolute atomic E-state index is 0.00900. The number of ether oxygens (including phenoxy) is 2. The summed E-state index contributed by atoms with van der Waals surface area (Å²) in [6.07, 6.45) is 3.63. The molecule has 3 aromatic heterocycles. The summed E-state index contributed by atoms with van der Waals surface area (Å²) in [5.74, 6) is 0.643. The number of fused-ring (bicyclic) bond motifs is 1. The molecule has 3 heterocycles. The molecule has 1 atom stereocenters. The lowest BCUT2D eigenvalue weighted by atomic mass is 10.1. The van der Waals surface area contributed by atoms with Gasteiger partial charge in [0.1, 0.15) is 6.23 Å². The standard InChI is InChI=1S/C16H20BrN5O2/c1-5-23-11(4)21-9-12(8-18-21)13-6-7-14-19-16(17)20-22(14)15(13)24-10(2)3/h6-11H,5H2,1-4H3. The molecule has 1 unspecified atom stereocenters. The van der Waals surface area contributed by atoms with Gasteiger partial charge in [0.15, 0.2) is 5.65 Å². The predicted molar refractivity (Wildman–Crippen MR) is 94.0 cm³/mol. The number of halogens is 1. The first-order valence-corrected chi connectivity index (χ1v) is 8.67. The summed E-state index contributed by atoms with van der Waals surface area (Å²) >= 11 is 3.31. The van der Waals surface area contributed by atoms with Crippen molar-refractivity contribution >= 4 is 21.6 Å². The summed E-state index contributed by atoms with van der Waals surface area (Å²) < 4.78 is 15.6. The van der Waals surface area contributed by atoms with E-state index in [0.717, 1.165) is 16.8 Å². The fraction of sp³-hybridized carbons (Fsp3) is 0.438. The zero-order valence-electron chi connectivity index (χ0n) is 14.1. The van der Waals surface area contributed by atoms with Gasteiger partial charge in [0.2, 0.25) is 10.6 Å². The molecule has 0 aliphatic carbocycles. The normalized spacial score (nSPS) is 12.9. The third kappa shape index (κ3) is 3.29. The van der Waals surface area contributed by atoms with E-state index in [2.05, 4.69) is 31.1 Å². The van der Waals surface area contributed by atoms with E-state index in [1.807, 2.05) is 46.0 Å². The van der Waals surface area contributed by atoms with Crippen LogP contribution >= 0.6 is 15.9 Å². The highest BCUT2D eigenvalue weighted by Crippen LogP contribution is 2.32. The second-order valence-corrected chi connectivity index (χ2v) is 6.34. The largest absolute Gasteiger partial charge is 0.474 e. The highest BCUT2D eigenvalue weighted by Gasteiger charge is 2.17. The smallest absolute Gasteiger partial charge is 0.225 e. The Morgan fingerprint density at radius 1 is 1.25 bits per heavy atom. The van der Waals surface area contributed by atoms with E-state index in [9.17, 15) is 0 Å². The van der Waals surface area contributed by atoms with Crippen LogP contribution in [0.2, 0.25) is 0 Å². The van der Waals surface area contributed by atoms with Crippen molar-refractivity contribution in [1.29, 1.82) is 0 Å². The molecule has 0 radical (unpaired) electrons. The molecule has 0 saturated heterocycles. The van der Waals surface area contributed by atoms with Crippen molar-refractivity contribution in [3.8, 4) is 17.0 Å². The maximum Gasteiger partial charge on any atom is 0.225 e. The first-order valence-electron chi connectivity index (χ1n) is 7.87. The summed E-state index contributed by atoms with van der Waals surface area (Å²) in [5.41, 5.74) is 2.56. The van der Waals surface area contributed by atoms with Gasteiger partial charge < -0.3 is 9.47 Å². The predicted octanol–water partition coefficient (Wildman–Crippen LogP) is 3.70. The van der Waals surface area contributed by atoms with Crippen LogP contribution in [0.25, 0.3) is 16.8 Å². The first-order chi connectivity index (χ1) is 11.5. The van der Waals surface area contributed by atoms with Gasteiger partial charge in [0.25, 0.3) is 0 Å². The van der Waals surface area contributed by atoms with Gasteiger partial charge in [0, 0.05) is 23.9 Å². The molecule has 128 valence electrons. The Hall–Kier alpha value is -1.93.